The Labute approximate surface area is 343 Å². The Morgan fingerprint density at radius 1 is 0.500 bits per heavy atom. The molecule has 0 N–H and O–H groups in total. The van der Waals surface area contributed by atoms with Crippen LogP contribution in [0.25, 0.3) is 0 Å². The zero-order valence-corrected chi connectivity index (χ0v) is 36.9. The average Bonchev–Trinajstić information content (AvgIpc) is 3.18. The van der Waals surface area contributed by atoms with E-state index in [9.17, 15) is 4.79 Å². The zero-order chi connectivity index (χ0) is 40.6. The molecule has 0 fully saturated rings. The van der Waals surface area contributed by atoms with Gasteiger partial charge in [-0.3, -0.25) is 0 Å². The first-order valence-electron chi connectivity index (χ1n) is 22.6. The van der Waals surface area contributed by atoms with Crippen LogP contribution in [0.15, 0.2) is 41.4 Å². The van der Waals surface area contributed by atoms with Gasteiger partial charge in [0.2, 0.25) is 11.7 Å². The van der Waals surface area contributed by atoms with E-state index in [2.05, 4.69) is 20.8 Å². The van der Waals surface area contributed by atoms with Gasteiger partial charge in [-0.2, -0.15) is 0 Å². The first-order valence-corrected chi connectivity index (χ1v) is 22.6. The largest absolute Gasteiger partial charge is 0.490 e. The van der Waals surface area contributed by atoms with Gasteiger partial charge >= 0.3 is 5.97 Å². The summed E-state index contributed by atoms with van der Waals surface area (Å²) in [5.41, 5.74) is 1.15. The Bertz CT molecular complexity index is 1260. The second-order valence-corrected chi connectivity index (χ2v) is 15.9. The van der Waals surface area contributed by atoms with Gasteiger partial charge < -0.3 is 28.7 Å². The Balaban J connectivity index is 2.23. The number of carbonyl (C=O) groups is 1. The molecule has 0 spiro atoms. The van der Waals surface area contributed by atoms with Gasteiger partial charge in [0.05, 0.1) is 31.1 Å². The minimum Gasteiger partial charge on any atom is -0.490 e. The van der Waals surface area contributed by atoms with Gasteiger partial charge in [0, 0.05) is 28.2 Å². The Morgan fingerprint density at radius 3 is 1.23 bits per heavy atom. The molecule has 0 radical (unpaired) electrons. The van der Waals surface area contributed by atoms with Gasteiger partial charge in [-0.15, -0.1) is 0 Å². The number of unbranched alkanes of at least 4 members (excludes halogenated alkanes) is 21. The number of benzene rings is 2. The summed E-state index contributed by atoms with van der Waals surface area (Å²) in [4.78, 5) is 22.4. The van der Waals surface area contributed by atoms with E-state index in [0.29, 0.717) is 48.4 Å². The van der Waals surface area contributed by atoms with Crippen molar-refractivity contribution in [2.75, 3.05) is 48.0 Å². The fourth-order valence-corrected chi connectivity index (χ4v) is 6.77. The van der Waals surface area contributed by atoms with E-state index in [1.54, 1.807) is 24.3 Å². The maximum atomic E-state index is 13.7. The third-order valence-corrected chi connectivity index (χ3v) is 10.1. The average molecular weight is 780 g/mol. The number of hydrogen-bond donors (Lipinski definition) is 0. The third kappa shape index (κ3) is 21.8. The number of nitrogens with zero attached hydrogens (tertiary/aromatic N) is 3. The highest BCUT2D eigenvalue weighted by molar-refractivity contribution is 5.92. The lowest BCUT2D eigenvalue weighted by molar-refractivity contribution is 0.0733. The van der Waals surface area contributed by atoms with Crippen LogP contribution in [0, 0.1) is 0 Å². The Hall–Kier alpha value is -3.42. The summed E-state index contributed by atoms with van der Waals surface area (Å²) in [7, 11) is 7.84. The zero-order valence-electron chi connectivity index (χ0n) is 36.9. The maximum absolute atomic E-state index is 13.7. The summed E-state index contributed by atoms with van der Waals surface area (Å²) in [6, 6.07) is 10.8. The lowest BCUT2D eigenvalue weighted by Crippen LogP contribution is -2.35. The van der Waals surface area contributed by atoms with Crippen LogP contribution in [-0.2, 0) is 0 Å². The molecule has 318 valence electrons. The van der Waals surface area contributed by atoms with Crippen molar-refractivity contribution in [3.05, 3.63) is 42.0 Å². The van der Waals surface area contributed by atoms with E-state index in [-0.39, 0.29) is 0 Å². The molecule has 0 saturated heterocycles. The number of ether oxygens (including phenoxy) is 4. The molecule has 56 heavy (non-hydrogen) atoms. The van der Waals surface area contributed by atoms with Gasteiger partial charge in [0.25, 0.3) is 0 Å². The van der Waals surface area contributed by atoms with Gasteiger partial charge in [0.15, 0.2) is 11.5 Å². The first kappa shape index (κ1) is 48.7. The van der Waals surface area contributed by atoms with E-state index >= 15 is 0 Å². The van der Waals surface area contributed by atoms with E-state index in [1.165, 1.54) is 116 Å². The summed E-state index contributed by atoms with van der Waals surface area (Å²) >= 11 is 0. The van der Waals surface area contributed by atoms with Gasteiger partial charge in [-0.05, 0) is 55.7 Å². The second-order valence-electron chi connectivity index (χ2n) is 15.9. The van der Waals surface area contributed by atoms with Crippen molar-refractivity contribution in [3.8, 4) is 23.0 Å². The van der Waals surface area contributed by atoms with E-state index < -0.39 is 5.97 Å². The van der Waals surface area contributed by atoms with Gasteiger partial charge in [-0.1, -0.05) is 156 Å². The Morgan fingerprint density at radius 2 is 0.857 bits per heavy atom. The molecule has 2 aromatic carbocycles. The lowest BCUT2D eigenvalue weighted by atomic mass is 10.1. The quantitative estimate of drug-likeness (QED) is 0.0235. The molecular weight excluding hydrogens is 699 g/mol. The smallest absolute Gasteiger partial charge is 0.343 e. The summed E-state index contributed by atoms with van der Waals surface area (Å²) in [6.07, 6.45) is 29.4. The monoisotopic (exact) mass is 780 g/mol. The molecular formula is C48H81N3O5. The molecule has 0 unspecified atom stereocenters. The molecule has 0 bridgehead atoms. The molecule has 0 aliphatic carbocycles. The predicted octanol–water partition coefficient (Wildman–Crippen LogP) is 13.6. The highest BCUT2D eigenvalue weighted by atomic mass is 16.5. The second kappa shape index (κ2) is 31.6. The van der Waals surface area contributed by atoms with Crippen LogP contribution in [-0.4, -0.2) is 69.7 Å². The number of guanidine groups is 1. The Kier molecular flexibility index (Phi) is 27.5. The van der Waals surface area contributed by atoms with Crippen LogP contribution in [0.4, 0.5) is 5.69 Å². The van der Waals surface area contributed by atoms with Crippen LogP contribution < -0.4 is 18.9 Å². The normalized spacial score (nSPS) is 11.0. The molecule has 0 aliphatic rings. The molecule has 0 saturated carbocycles. The summed E-state index contributed by atoms with van der Waals surface area (Å²) in [5, 5.41) is 0. The van der Waals surface area contributed by atoms with Crippen molar-refractivity contribution < 1.29 is 23.7 Å². The van der Waals surface area contributed by atoms with Crippen LogP contribution >= 0.6 is 0 Å². The van der Waals surface area contributed by atoms with Gasteiger partial charge in [-0.25, -0.2) is 9.79 Å². The number of esters is 1. The predicted molar refractivity (Wildman–Crippen MR) is 237 cm³/mol. The maximum Gasteiger partial charge on any atom is 0.343 e. The van der Waals surface area contributed by atoms with Crippen molar-refractivity contribution in [1.29, 1.82) is 0 Å². The highest BCUT2D eigenvalue weighted by Gasteiger charge is 2.21. The standard InChI is InChI=1S/C48H81N3O5/c1-8-11-14-17-20-23-26-29-36-53-44-39-41(47(52)56-43-34-32-42(33-35-43)49-48(50(4)5)51(6)7)40-45(54-37-30-27-24-21-18-15-12-9-2)46(44)55-38-31-28-25-22-19-16-13-10-3/h32-35,39-40H,8-31,36-38H2,1-7H3. The van der Waals surface area contributed by atoms with Crippen LogP contribution in [0.3, 0.4) is 0 Å². The summed E-state index contributed by atoms with van der Waals surface area (Å²) in [6.45, 7) is 8.47. The molecule has 0 atom stereocenters. The molecule has 2 rings (SSSR count). The molecule has 2 aromatic rings. The molecule has 0 heterocycles. The minimum atomic E-state index is -0.466. The van der Waals surface area contributed by atoms with Crippen LogP contribution in [0.1, 0.15) is 185 Å². The summed E-state index contributed by atoms with van der Waals surface area (Å²) < 4.78 is 25.3. The number of hydrogen-bond acceptors (Lipinski definition) is 6. The van der Waals surface area contributed by atoms with Crippen molar-refractivity contribution in [1.82, 2.24) is 9.80 Å². The van der Waals surface area contributed by atoms with Crippen molar-refractivity contribution >= 4 is 17.6 Å². The van der Waals surface area contributed by atoms with Crippen LogP contribution in [0.2, 0.25) is 0 Å². The molecule has 0 amide bonds. The molecule has 8 nitrogen and oxygen atoms in total. The molecule has 0 aromatic heterocycles. The van der Waals surface area contributed by atoms with Crippen molar-refractivity contribution in [3.63, 3.8) is 0 Å². The van der Waals surface area contributed by atoms with Crippen molar-refractivity contribution in [2.24, 2.45) is 4.99 Å². The minimum absolute atomic E-state index is 0.380. The molecule has 0 aliphatic heterocycles. The third-order valence-electron chi connectivity index (χ3n) is 10.1. The van der Waals surface area contributed by atoms with Crippen molar-refractivity contribution in [2.45, 2.75) is 175 Å². The van der Waals surface area contributed by atoms with E-state index in [0.717, 1.165) is 50.2 Å². The highest BCUT2D eigenvalue weighted by Crippen LogP contribution is 2.40. The number of aliphatic imine (C=N–C) groups is 1. The number of rotatable bonds is 33. The lowest BCUT2D eigenvalue weighted by Gasteiger charge is -2.22. The van der Waals surface area contributed by atoms with Crippen LogP contribution in [0.5, 0.6) is 23.0 Å². The first-order chi connectivity index (χ1) is 27.3. The number of carbonyl (C=O) groups excluding carboxylic acids is 1. The fourth-order valence-electron chi connectivity index (χ4n) is 6.77. The fraction of sp³-hybridized carbons (Fsp3) is 0.708. The SMILES string of the molecule is CCCCCCCCCCOc1cc(C(=O)Oc2ccc(N=C(N(C)C)N(C)C)cc2)cc(OCCCCCCCCCC)c1OCCCCCCCCCC. The molecule has 8 heteroatoms. The summed E-state index contributed by atoms with van der Waals surface area (Å²) in [5.74, 6) is 2.51. The van der Waals surface area contributed by atoms with Gasteiger partial charge in [0.1, 0.15) is 5.75 Å². The van der Waals surface area contributed by atoms with E-state index in [4.69, 9.17) is 23.9 Å². The topological polar surface area (TPSA) is 72.8 Å². The van der Waals surface area contributed by atoms with E-state index in [1.807, 2.05) is 50.1 Å².